The maximum Gasteiger partial charge on any atom is 0.215 e. The second-order valence-corrected chi connectivity index (χ2v) is 5.29. The van der Waals surface area contributed by atoms with E-state index in [-0.39, 0.29) is 0 Å². The number of halogens is 1. The number of benzene rings is 1. The number of nitrogens with zero attached hydrogens (tertiary/aromatic N) is 3. The predicted octanol–water partition coefficient (Wildman–Crippen LogP) is 4.11. The van der Waals surface area contributed by atoms with Gasteiger partial charge in [-0.3, -0.25) is 4.40 Å². The van der Waals surface area contributed by atoms with Crippen LogP contribution in [-0.2, 0) is 6.61 Å². The fraction of sp³-hybridized carbons (Fsp3) is 0.0588. The predicted molar refractivity (Wildman–Crippen MR) is 86.3 cm³/mol. The molecule has 4 rings (SSSR count). The van der Waals surface area contributed by atoms with Crippen LogP contribution in [0.1, 0.15) is 5.56 Å². The molecule has 0 bridgehead atoms. The first-order valence-electron chi connectivity index (χ1n) is 6.91. The summed E-state index contributed by atoms with van der Waals surface area (Å²) in [7, 11) is 0. The molecule has 4 aromatic rings. The van der Waals surface area contributed by atoms with Crippen LogP contribution >= 0.6 is 11.6 Å². The number of ether oxygens (including phenoxy) is 1. The van der Waals surface area contributed by atoms with Crippen LogP contribution in [0.15, 0.2) is 60.8 Å². The lowest BCUT2D eigenvalue weighted by Crippen LogP contribution is -2.00. The average Bonchev–Trinajstić information content (AvgIpc) is 3.05. The molecular weight excluding hydrogens is 298 g/mol. The van der Waals surface area contributed by atoms with E-state index in [0.717, 1.165) is 22.2 Å². The first-order chi connectivity index (χ1) is 10.8. The molecule has 0 aliphatic heterocycles. The van der Waals surface area contributed by atoms with Gasteiger partial charge in [-0.05, 0) is 23.8 Å². The van der Waals surface area contributed by atoms with Crippen LogP contribution in [0.2, 0.25) is 5.15 Å². The third kappa shape index (κ3) is 2.27. The van der Waals surface area contributed by atoms with Crippen LogP contribution in [0, 0.1) is 0 Å². The number of pyridine rings is 1. The minimum atomic E-state index is 0.470. The summed E-state index contributed by atoms with van der Waals surface area (Å²) in [5, 5.41) is 0.470. The number of aromatic nitrogens is 3. The fourth-order valence-corrected chi connectivity index (χ4v) is 2.64. The summed E-state index contributed by atoms with van der Waals surface area (Å²) in [5.41, 5.74) is 3.40. The second kappa shape index (κ2) is 5.31. The van der Waals surface area contributed by atoms with E-state index in [1.54, 1.807) is 0 Å². The molecule has 0 saturated heterocycles. The number of hydrogen-bond acceptors (Lipinski definition) is 3. The molecule has 0 amide bonds. The van der Waals surface area contributed by atoms with Crippen LogP contribution in [0.4, 0.5) is 0 Å². The van der Waals surface area contributed by atoms with Gasteiger partial charge in [-0.2, -0.15) is 4.98 Å². The monoisotopic (exact) mass is 309 g/mol. The molecule has 22 heavy (non-hydrogen) atoms. The van der Waals surface area contributed by atoms with E-state index in [0.29, 0.717) is 17.6 Å². The van der Waals surface area contributed by atoms with Crippen molar-refractivity contribution in [1.82, 2.24) is 14.4 Å². The lowest BCUT2D eigenvalue weighted by atomic mass is 10.2. The quantitative estimate of drug-likeness (QED) is 0.571. The van der Waals surface area contributed by atoms with E-state index in [1.807, 2.05) is 65.2 Å². The maximum absolute atomic E-state index is 6.17. The number of fused-ring (bicyclic) bond motifs is 3. The minimum Gasteiger partial charge on any atom is -0.473 e. The zero-order valence-electron chi connectivity index (χ0n) is 11.6. The van der Waals surface area contributed by atoms with E-state index < -0.39 is 0 Å². The van der Waals surface area contributed by atoms with Crippen LogP contribution < -0.4 is 4.74 Å². The normalized spacial score (nSPS) is 11.1. The van der Waals surface area contributed by atoms with Crippen LogP contribution in [-0.4, -0.2) is 14.4 Å². The van der Waals surface area contributed by atoms with E-state index in [4.69, 9.17) is 16.3 Å². The van der Waals surface area contributed by atoms with E-state index in [2.05, 4.69) is 9.97 Å². The van der Waals surface area contributed by atoms with Gasteiger partial charge in [-0.15, -0.1) is 0 Å². The van der Waals surface area contributed by atoms with Gasteiger partial charge in [0.1, 0.15) is 12.1 Å². The van der Waals surface area contributed by atoms with Crippen molar-refractivity contribution in [3.63, 3.8) is 0 Å². The van der Waals surface area contributed by atoms with Gasteiger partial charge in [0, 0.05) is 12.3 Å². The van der Waals surface area contributed by atoms with Crippen LogP contribution in [0.5, 0.6) is 5.88 Å². The lowest BCUT2D eigenvalue weighted by molar-refractivity contribution is 0.295. The third-order valence-corrected chi connectivity index (χ3v) is 3.74. The van der Waals surface area contributed by atoms with Crippen molar-refractivity contribution in [2.45, 2.75) is 6.61 Å². The highest BCUT2D eigenvalue weighted by Gasteiger charge is 2.08. The summed E-state index contributed by atoms with van der Waals surface area (Å²) in [6.07, 6.45) is 1.92. The average molecular weight is 310 g/mol. The van der Waals surface area contributed by atoms with Crippen molar-refractivity contribution in [3.05, 3.63) is 71.5 Å². The summed E-state index contributed by atoms with van der Waals surface area (Å²) in [6, 6.07) is 17.5. The van der Waals surface area contributed by atoms with Crippen molar-refractivity contribution < 1.29 is 4.74 Å². The Morgan fingerprint density at radius 1 is 0.955 bits per heavy atom. The molecule has 0 fully saturated rings. The van der Waals surface area contributed by atoms with Crippen molar-refractivity contribution in [2.24, 2.45) is 0 Å². The maximum atomic E-state index is 6.17. The Morgan fingerprint density at radius 2 is 1.82 bits per heavy atom. The van der Waals surface area contributed by atoms with Crippen molar-refractivity contribution in [1.29, 1.82) is 0 Å². The Kier molecular flexibility index (Phi) is 3.16. The van der Waals surface area contributed by atoms with Gasteiger partial charge in [-0.1, -0.05) is 41.9 Å². The number of hydrogen-bond donors (Lipinski definition) is 0. The van der Waals surface area contributed by atoms with Crippen molar-refractivity contribution in [2.75, 3.05) is 0 Å². The highest BCUT2D eigenvalue weighted by atomic mass is 35.5. The summed E-state index contributed by atoms with van der Waals surface area (Å²) < 4.78 is 7.69. The van der Waals surface area contributed by atoms with Crippen LogP contribution in [0.3, 0.4) is 0 Å². The Bertz CT molecular complexity index is 950. The van der Waals surface area contributed by atoms with E-state index >= 15 is 0 Å². The second-order valence-electron chi connectivity index (χ2n) is 4.93. The standard InChI is InChI=1S/C17H12ClN3O/c18-16-14-7-4-10-21(14)17-13(19-16)8-9-15(20-17)22-11-12-5-2-1-3-6-12/h1-10H,11H2. The number of rotatable bonds is 3. The molecule has 0 atom stereocenters. The highest BCUT2D eigenvalue weighted by Crippen LogP contribution is 2.23. The molecule has 0 aliphatic rings. The van der Waals surface area contributed by atoms with Crippen molar-refractivity contribution in [3.8, 4) is 5.88 Å². The zero-order chi connectivity index (χ0) is 14.9. The molecule has 0 N–H and O–H groups in total. The van der Waals surface area contributed by atoms with Gasteiger partial charge >= 0.3 is 0 Å². The summed E-state index contributed by atoms with van der Waals surface area (Å²) in [6.45, 7) is 0.481. The first kappa shape index (κ1) is 13.1. The first-order valence-corrected chi connectivity index (χ1v) is 7.29. The van der Waals surface area contributed by atoms with E-state index in [1.165, 1.54) is 0 Å². The topological polar surface area (TPSA) is 39.4 Å². The summed E-state index contributed by atoms with van der Waals surface area (Å²) in [5.74, 6) is 0.565. The molecule has 0 spiro atoms. The lowest BCUT2D eigenvalue weighted by Gasteiger charge is -2.08. The molecule has 1 aromatic carbocycles. The smallest absolute Gasteiger partial charge is 0.215 e. The molecule has 3 heterocycles. The SMILES string of the molecule is Clc1nc2ccc(OCc3ccccc3)nc2n2cccc12. The van der Waals surface area contributed by atoms with Gasteiger partial charge in [0.25, 0.3) is 0 Å². The molecule has 0 aliphatic carbocycles. The van der Waals surface area contributed by atoms with Gasteiger partial charge in [0.05, 0.1) is 5.52 Å². The molecule has 5 heteroatoms. The summed E-state index contributed by atoms with van der Waals surface area (Å²) >= 11 is 6.17. The molecule has 4 nitrogen and oxygen atoms in total. The van der Waals surface area contributed by atoms with Crippen LogP contribution in [0.25, 0.3) is 16.7 Å². The van der Waals surface area contributed by atoms with Crippen molar-refractivity contribution >= 4 is 28.3 Å². The molecule has 0 unspecified atom stereocenters. The third-order valence-electron chi connectivity index (χ3n) is 3.47. The molecule has 0 radical (unpaired) electrons. The van der Waals surface area contributed by atoms with Gasteiger partial charge in [0.2, 0.25) is 5.88 Å². The van der Waals surface area contributed by atoms with E-state index in [9.17, 15) is 0 Å². The fourth-order valence-electron chi connectivity index (χ4n) is 2.40. The Morgan fingerprint density at radius 3 is 2.68 bits per heavy atom. The molecular formula is C17H12ClN3O. The molecule has 3 aromatic heterocycles. The largest absolute Gasteiger partial charge is 0.473 e. The molecule has 0 saturated carbocycles. The molecule has 108 valence electrons. The minimum absolute atomic E-state index is 0.470. The summed E-state index contributed by atoms with van der Waals surface area (Å²) in [4.78, 5) is 8.91. The van der Waals surface area contributed by atoms with Gasteiger partial charge in [0.15, 0.2) is 10.8 Å². The Labute approximate surface area is 132 Å². The Balaban J connectivity index is 1.72. The Hall–Kier alpha value is -2.59. The van der Waals surface area contributed by atoms with Gasteiger partial charge in [-0.25, -0.2) is 4.98 Å². The zero-order valence-corrected chi connectivity index (χ0v) is 12.4. The highest BCUT2D eigenvalue weighted by molar-refractivity contribution is 6.33. The van der Waals surface area contributed by atoms with Gasteiger partial charge < -0.3 is 4.74 Å².